The Morgan fingerprint density at radius 1 is 1.24 bits per heavy atom. The van der Waals surface area contributed by atoms with E-state index >= 15 is 0 Å². The van der Waals surface area contributed by atoms with Crippen LogP contribution >= 0.6 is 0 Å². The van der Waals surface area contributed by atoms with Crippen molar-refractivity contribution in [1.82, 2.24) is 10.2 Å². The van der Waals surface area contributed by atoms with E-state index in [-0.39, 0.29) is 0 Å². The van der Waals surface area contributed by atoms with Crippen molar-refractivity contribution in [1.29, 1.82) is 0 Å². The number of likely N-dealkylation sites (N-methyl/N-ethyl adjacent to an activating group) is 1. The summed E-state index contributed by atoms with van der Waals surface area (Å²) in [5, 5.41) is 3.65. The van der Waals surface area contributed by atoms with Crippen molar-refractivity contribution in [2.75, 3.05) is 19.8 Å². The summed E-state index contributed by atoms with van der Waals surface area (Å²) in [6.45, 7) is 9.82. The molecule has 2 rings (SSSR count). The first-order valence-corrected chi connectivity index (χ1v) is 7.36. The molecule has 0 radical (unpaired) electrons. The lowest BCUT2D eigenvalue weighted by atomic mass is 9.99. The lowest BCUT2D eigenvalue weighted by Gasteiger charge is -2.43. The smallest absolute Gasteiger partial charge is 0.0637 e. The number of likely N-dealkylation sites (tertiary alicyclic amines) is 1. The third kappa shape index (κ3) is 2.83. The molecule has 4 atom stereocenters. The third-order valence-corrected chi connectivity index (χ3v) is 4.50. The first kappa shape index (κ1) is 13.3. The van der Waals surface area contributed by atoms with Gasteiger partial charge in [0, 0.05) is 30.8 Å². The van der Waals surface area contributed by atoms with Gasteiger partial charge in [-0.1, -0.05) is 13.8 Å². The number of hydrogen-bond donors (Lipinski definition) is 1. The van der Waals surface area contributed by atoms with Gasteiger partial charge in [0.05, 0.1) is 6.61 Å². The minimum absolute atomic E-state index is 0.589. The van der Waals surface area contributed by atoms with Crippen LogP contribution in [0, 0.1) is 0 Å². The zero-order valence-corrected chi connectivity index (χ0v) is 11.6. The second kappa shape index (κ2) is 6.17. The van der Waals surface area contributed by atoms with E-state index in [1.807, 2.05) is 0 Å². The van der Waals surface area contributed by atoms with Gasteiger partial charge in [-0.25, -0.2) is 0 Å². The van der Waals surface area contributed by atoms with Crippen molar-refractivity contribution in [3.05, 3.63) is 0 Å². The van der Waals surface area contributed by atoms with Crippen molar-refractivity contribution in [2.45, 2.75) is 70.6 Å². The number of hydrogen-bond acceptors (Lipinski definition) is 3. The van der Waals surface area contributed by atoms with Gasteiger partial charge in [0.2, 0.25) is 0 Å². The summed E-state index contributed by atoms with van der Waals surface area (Å²) >= 11 is 0. The van der Waals surface area contributed by atoms with Crippen molar-refractivity contribution in [3.8, 4) is 0 Å². The van der Waals surface area contributed by atoms with Crippen molar-refractivity contribution < 1.29 is 4.74 Å². The van der Waals surface area contributed by atoms with Gasteiger partial charge in [0.25, 0.3) is 0 Å². The molecule has 4 unspecified atom stereocenters. The van der Waals surface area contributed by atoms with Gasteiger partial charge in [0.15, 0.2) is 0 Å². The van der Waals surface area contributed by atoms with Crippen LogP contribution in [0.5, 0.6) is 0 Å². The molecule has 2 aliphatic rings. The van der Waals surface area contributed by atoms with E-state index in [1.165, 1.54) is 19.3 Å². The molecule has 0 bridgehead atoms. The van der Waals surface area contributed by atoms with E-state index in [2.05, 4.69) is 31.0 Å². The maximum atomic E-state index is 5.73. The van der Waals surface area contributed by atoms with Crippen LogP contribution in [0.3, 0.4) is 0 Å². The van der Waals surface area contributed by atoms with Crippen LogP contribution < -0.4 is 5.32 Å². The first-order valence-electron chi connectivity index (χ1n) is 7.36. The van der Waals surface area contributed by atoms with Gasteiger partial charge in [-0.2, -0.15) is 0 Å². The van der Waals surface area contributed by atoms with Crippen molar-refractivity contribution >= 4 is 0 Å². The molecule has 0 aromatic rings. The predicted molar refractivity (Wildman–Crippen MR) is 71.3 cm³/mol. The molecule has 0 aromatic carbocycles. The summed E-state index contributed by atoms with van der Waals surface area (Å²) in [7, 11) is 0. The Morgan fingerprint density at radius 2 is 2.06 bits per heavy atom. The van der Waals surface area contributed by atoms with Crippen LogP contribution in [0.4, 0.5) is 0 Å². The Balaban J connectivity index is 2.06. The molecule has 17 heavy (non-hydrogen) atoms. The molecule has 1 N–H and O–H groups in total. The number of rotatable bonds is 4. The van der Waals surface area contributed by atoms with E-state index in [0.29, 0.717) is 12.1 Å². The fraction of sp³-hybridized carbons (Fsp3) is 1.00. The zero-order chi connectivity index (χ0) is 12.3. The molecular weight excluding hydrogens is 212 g/mol. The maximum Gasteiger partial charge on any atom is 0.0637 e. The number of nitrogens with one attached hydrogen (secondary N) is 1. The zero-order valence-electron chi connectivity index (χ0n) is 11.6. The minimum atomic E-state index is 0.589. The summed E-state index contributed by atoms with van der Waals surface area (Å²) in [6, 6.07) is 2.72. The van der Waals surface area contributed by atoms with Gasteiger partial charge in [0.1, 0.15) is 0 Å². The highest BCUT2D eigenvalue weighted by Crippen LogP contribution is 2.31. The highest BCUT2D eigenvalue weighted by atomic mass is 16.5. The SMILES string of the molecule is CCNC1CCOCC1N1C(C)CCC1CC. The first-order chi connectivity index (χ1) is 8.27. The lowest BCUT2D eigenvalue weighted by Crippen LogP contribution is -2.58. The largest absolute Gasteiger partial charge is 0.380 e. The van der Waals surface area contributed by atoms with Crippen molar-refractivity contribution in [2.24, 2.45) is 0 Å². The van der Waals surface area contributed by atoms with Crippen LogP contribution in [0.25, 0.3) is 0 Å². The molecule has 0 amide bonds. The normalized spacial score (nSPS) is 39.7. The third-order valence-electron chi connectivity index (χ3n) is 4.50. The monoisotopic (exact) mass is 240 g/mol. The highest BCUT2D eigenvalue weighted by Gasteiger charge is 2.39. The predicted octanol–water partition coefficient (Wildman–Crippen LogP) is 2.02. The maximum absolute atomic E-state index is 5.73. The molecule has 2 aliphatic heterocycles. The molecule has 2 saturated heterocycles. The molecular formula is C14H28N2O. The quantitative estimate of drug-likeness (QED) is 0.813. The Hall–Kier alpha value is -0.120. The van der Waals surface area contributed by atoms with Crippen LogP contribution in [0.1, 0.15) is 46.5 Å². The Kier molecular flexibility index (Phi) is 4.83. The van der Waals surface area contributed by atoms with E-state index in [4.69, 9.17) is 4.74 Å². The Morgan fingerprint density at radius 3 is 2.76 bits per heavy atom. The number of ether oxygens (including phenoxy) is 1. The van der Waals surface area contributed by atoms with Crippen LogP contribution in [-0.2, 0) is 4.74 Å². The molecule has 0 spiro atoms. The fourth-order valence-electron chi connectivity index (χ4n) is 3.62. The second-order valence-corrected chi connectivity index (χ2v) is 5.53. The van der Waals surface area contributed by atoms with E-state index in [9.17, 15) is 0 Å². The van der Waals surface area contributed by atoms with Gasteiger partial charge in [-0.05, 0) is 39.2 Å². The summed E-state index contributed by atoms with van der Waals surface area (Å²) in [4.78, 5) is 2.74. The highest BCUT2D eigenvalue weighted by molar-refractivity contribution is 4.95. The summed E-state index contributed by atoms with van der Waals surface area (Å²) in [5.74, 6) is 0. The summed E-state index contributed by atoms with van der Waals surface area (Å²) in [6.07, 6.45) is 5.17. The Labute approximate surface area is 106 Å². The molecule has 100 valence electrons. The fourth-order valence-corrected chi connectivity index (χ4v) is 3.62. The van der Waals surface area contributed by atoms with Crippen molar-refractivity contribution in [3.63, 3.8) is 0 Å². The summed E-state index contributed by atoms with van der Waals surface area (Å²) < 4.78 is 5.73. The van der Waals surface area contributed by atoms with E-state index < -0.39 is 0 Å². The minimum Gasteiger partial charge on any atom is -0.380 e. The number of nitrogens with zero attached hydrogens (tertiary/aromatic N) is 1. The molecule has 2 fully saturated rings. The second-order valence-electron chi connectivity index (χ2n) is 5.53. The van der Waals surface area contributed by atoms with E-state index in [1.54, 1.807) is 0 Å². The van der Waals surface area contributed by atoms with Gasteiger partial charge in [-0.15, -0.1) is 0 Å². The summed E-state index contributed by atoms with van der Waals surface area (Å²) in [5.41, 5.74) is 0. The van der Waals surface area contributed by atoms with Gasteiger partial charge >= 0.3 is 0 Å². The van der Waals surface area contributed by atoms with Gasteiger partial charge in [-0.3, -0.25) is 4.90 Å². The molecule has 2 heterocycles. The molecule has 3 nitrogen and oxygen atoms in total. The van der Waals surface area contributed by atoms with Gasteiger partial charge < -0.3 is 10.1 Å². The van der Waals surface area contributed by atoms with Crippen LogP contribution in [-0.4, -0.2) is 48.8 Å². The molecule has 0 aromatic heterocycles. The lowest BCUT2D eigenvalue weighted by molar-refractivity contribution is -0.0205. The average Bonchev–Trinajstić information content (AvgIpc) is 2.72. The molecule has 0 saturated carbocycles. The molecule has 0 aliphatic carbocycles. The van der Waals surface area contributed by atoms with Crippen LogP contribution in [0.15, 0.2) is 0 Å². The average molecular weight is 240 g/mol. The van der Waals surface area contributed by atoms with Crippen LogP contribution in [0.2, 0.25) is 0 Å². The topological polar surface area (TPSA) is 24.5 Å². The van der Waals surface area contributed by atoms with E-state index in [0.717, 1.165) is 38.3 Å². The Bertz CT molecular complexity index is 232. The standard InChI is InChI=1S/C14H28N2O/c1-4-12-7-6-11(3)16(12)14-10-17-9-8-13(14)15-5-2/h11-15H,4-10H2,1-3H3. The molecule has 3 heteroatoms.